The molecule has 5 nitrogen and oxygen atoms in total. The monoisotopic (exact) mass is 280 g/mol. The smallest absolute Gasteiger partial charge is 0.0594 e. The van der Waals surface area contributed by atoms with Crippen molar-refractivity contribution in [2.75, 3.05) is 39.4 Å². The summed E-state index contributed by atoms with van der Waals surface area (Å²) in [6, 6.07) is 2.59. The number of aromatic nitrogens is 2. The van der Waals surface area contributed by atoms with E-state index in [4.69, 9.17) is 4.74 Å². The van der Waals surface area contributed by atoms with Crippen LogP contribution in [0.3, 0.4) is 0 Å². The van der Waals surface area contributed by atoms with Gasteiger partial charge < -0.3 is 10.1 Å². The number of hydrogen-bond donors (Lipinski definition) is 1. The lowest BCUT2D eigenvalue weighted by Crippen LogP contribution is -2.37. The Balaban J connectivity index is 1.62. The van der Waals surface area contributed by atoms with Crippen molar-refractivity contribution in [1.29, 1.82) is 0 Å². The maximum Gasteiger partial charge on any atom is 0.0594 e. The van der Waals surface area contributed by atoms with E-state index >= 15 is 0 Å². The van der Waals surface area contributed by atoms with Crippen LogP contribution in [0.4, 0.5) is 0 Å². The van der Waals surface area contributed by atoms with Crippen LogP contribution in [0.2, 0.25) is 0 Å². The molecular weight excluding hydrogens is 252 g/mol. The lowest BCUT2D eigenvalue weighted by atomic mass is 10.2. The van der Waals surface area contributed by atoms with Crippen LogP contribution in [-0.4, -0.2) is 54.1 Å². The Bertz CT molecular complexity index is 374. The largest absolute Gasteiger partial charge is 0.379 e. The molecule has 5 heteroatoms. The van der Waals surface area contributed by atoms with Gasteiger partial charge in [-0.05, 0) is 38.9 Å². The SMILES string of the molecule is CCC(C)n1nccc1CNCCCN1CCOCC1. The maximum absolute atomic E-state index is 5.36. The van der Waals surface area contributed by atoms with Crippen molar-refractivity contribution in [2.24, 2.45) is 0 Å². The summed E-state index contributed by atoms with van der Waals surface area (Å²) in [6.07, 6.45) is 4.21. The lowest BCUT2D eigenvalue weighted by Gasteiger charge is -2.26. The highest BCUT2D eigenvalue weighted by atomic mass is 16.5. The second-order valence-electron chi connectivity index (χ2n) is 5.51. The predicted molar refractivity (Wildman–Crippen MR) is 80.8 cm³/mol. The van der Waals surface area contributed by atoms with E-state index in [-0.39, 0.29) is 0 Å². The minimum Gasteiger partial charge on any atom is -0.379 e. The average Bonchev–Trinajstić information content (AvgIpc) is 2.95. The molecule has 1 aromatic rings. The molecule has 0 amide bonds. The molecule has 0 aliphatic carbocycles. The van der Waals surface area contributed by atoms with Gasteiger partial charge in [0, 0.05) is 31.9 Å². The average molecular weight is 280 g/mol. The van der Waals surface area contributed by atoms with E-state index in [1.807, 2.05) is 6.20 Å². The van der Waals surface area contributed by atoms with Gasteiger partial charge >= 0.3 is 0 Å². The van der Waals surface area contributed by atoms with E-state index in [0.717, 1.165) is 45.8 Å². The molecule has 2 rings (SSSR count). The van der Waals surface area contributed by atoms with Gasteiger partial charge in [-0.2, -0.15) is 5.10 Å². The molecular formula is C15H28N4O. The van der Waals surface area contributed by atoms with Crippen molar-refractivity contribution < 1.29 is 4.74 Å². The molecule has 0 saturated carbocycles. The predicted octanol–water partition coefficient (Wildman–Crippen LogP) is 1.67. The summed E-state index contributed by atoms with van der Waals surface area (Å²) in [6.45, 7) is 11.5. The number of rotatable bonds is 8. The van der Waals surface area contributed by atoms with Crippen molar-refractivity contribution in [3.63, 3.8) is 0 Å². The highest BCUT2D eigenvalue weighted by molar-refractivity contribution is 5.01. The zero-order chi connectivity index (χ0) is 14.2. The molecule has 2 heterocycles. The van der Waals surface area contributed by atoms with Crippen LogP contribution in [0.5, 0.6) is 0 Å². The van der Waals surface area contributed by atoms with Gasteiger partial charge in [0.15, 0.2) is 0 Å². The van der Waals surface area contributed by atoms with Crippen molar-refractivity contribution in [3.8, 4) is 0 Å². The summed E-state index contributed by atoms with van der Waals surface area (Å²) in [5.74, 6) is 0. The molecule has 0 aromatic carbocycles. The maximum atomic E-state index is 5.36. The van der Waals surface area contributed by atoms with Crippen LogP contribution < -0.4 is 5.32 Å². The summed E-state index contributed by atoms with van der Waals surface area (Å²) in [7, 11) is 0. The van der Waals surface area contributed by atoms with Gasteiger partial charge in [-0.3, -0.25) is 9.58 Å². The Morgan fingerprint density at radius 1 is 1.40 bits per heavy atom. The van der Waals surface area contributed by atoms with E-state index in [2.05, 4.69) is 39.9 Å². The molecule has 1 fully saturated rings. The second kappa shape index (κ2) is 8.39. The van der Waals surface area contributed by atoms with Crippen LogP contribution in [0.1, 0.15) is 38.4 Å². The molecule has 0 radical (unpaired) electrons. The minimum atomic E-state index is 0.482. The minimum absolute atomic E-state index is 0.482. The van der Waals surface area contributed by atoms with Gasteiger partial charge in [-0.25, -0.2) is 0 Å². The van der Waals surface area contributed by atoms with E-state index in [9.17, 15) is 0 Å². The number of nitrogens with zero attached hydrogens (tertiary/aromatic N) is 3. The van der Waals surface area contributed by atoms with Crippen molar-refractivity contribution in [3.05, 3.63) is 18.0 Å². The third-order valence-corrected chi connectivity index (χ3v) is 4.00. The Morgan fingerprint density at radius 3 is 2.95 bits per heavy atom. The molecule has 1 aromatic heterocycles. The Kier molecular flexibility index (Phi) is 6.50. The lowest BCUT2D eigenvalue weighted by molar-refractivity contribution is 0.0374. The normalized spacial score (nSPS) is 18.3. The molecule has 1 N–H and O–H groups in total. The van der Waals surface area contributed by atoms with Crippen LogP contribution in [0, 0.1) is 0 Å². The van der Waals surface area contributed by atoms with Crippen molar-refractivity contribution in [2.45, 2.75) is 39.3 Å². The van der Waals surface area contributed by atoms with Gasteiger partial charge in [-0.15, -0.1) is 0 Å². The molecule has 1 atom stereocenters. The van der Waals surface area contributed by atoms with Crippen molar-refractivity contribution >= 4 is 0 Å². The molecule has 1 unspecified atom stereocenters. The Hall–Kier alpha value is -0.910. The van der Waals surface area contributed by atoms with Gasteiger partial charge in [0.05, 0.1) is 18.9 Å². The molecule has 1 saturated heterocycles. The number of hydrogen-bond acceptors (Lipinski definition) is 4. The third-order valence-electron chi connectivity index (χ3n) is 4.00. The molecule has 0 spiro atoms. The molecule has 114 valence electrons. The topological polar surface area (TPSA) is 42.3 Å². The van der Waals surface area contributed by atoms with Gasteiger partial charge in [0.25, 0.3) is 0 Å². The summed E-state index contributed by atoms with van der Waals surface area (Å²) >= 11 is 0. The van der Waals surface area contributed by atoms with E-state index < -0.39 is 0 Å². The van der Waals surface area contributed by atoms with E-state index in [1.54, 1.807) is 0 Å². The first-order valence-electron chi connectivity index (χ1n) is 7.84. The van der Waals surface area contributed by atoms with Gasteiger partial charge in [0.1, 0.15) is 0 Å². The summed E-state index contributed by atoms with van der Waals surface area (Å²) in [4.78, 5) is 2.48. The van der Waals surface area contributed by atoms with E-state index in [1.165, 1.54) is 18.7 Å². The van der Waals surface area contributed by atoms with Crippen LogP contribution in [-0.2, 0) is 11.3 Å². The molecule has 20 heavy (non-hydrogen) atoms. The fourth-order valence-corrected chi connectivity index (χ4v) is 2.52. The van der Waals surface area contributed by atoms with Crippen LogP contribution in [0.25, 0.3) is 0 Å². The van der Waals surface area contributed by atoms with Crippen LogP contribution >= 0.6 is 0 Å². The number of ether oxygens (including phenoxy) is 1. The van der Waals surface area contributed by atoms with Crippen LogP contribution in [0.15, 0.2) is 12.3 Å². The first-order chi connectivity index (χ1) is 9.81. The highest BCUT2D eigenvalue weighted by Crippen LogP contribution is 2.11. The Labute approximate surface area is 122 Å². The molecule has 0 bridgehead atoms. The van der Waals surface area contributed by atoms with Crippen molar-refractivity contribution in [1.82, 2.24) is 20.0 Å². The van der Waals surface area contributed by atoms with Gasteiger partial charge in [-0.1, -0.05) is 6.92 Å². The fraction of sp³-hybridized carbons (Fsp3) is 0.800. The highest BCUT2D eigenvalue weighted by Gasteiger charge is 2.10. The zero-order valence-corrected chi connectivity index (χ0v) is 12.8. The van der Waals surface area contributed by atoms with E-state index in [0.29, 0.717) is 6.04 Å². The number of nitrogens with one attached hydrogen (secondary N) is 1. The van der Waals surface area contributed by atoms with Gasteiger partial charge in [0.2, 0.25) is 0 Å². The summed E-state index contributed by atoms with van der Waals surface area (Å²) in [5.41, 5.74) is 1.28. The third kappa shape index (κ3) is 4.58. The quantitative estimate of drug-likeness (QED) is 0.736. The number of morpholine rings is 1. The second-order valence-corrected chi connectivity index (χ2v) is 5.51. The molecule has 1 aliphatic heterocycles. The zero-order valence-electron chi connectivity index (χ0n) is 12.8. The Morgan fingerprint density at radius 2 is 2.20 bits per heavy atom. The molecule has 1 aliphatic rings. The fourth-order valence-electron chi connectivity index (χ4n) is 2.52. The summed E-state index contributed by atoms with van der Waals surface area (Å²) in [5, 5.41) is 7.94. The first kappa shape index (κ1) is 15.5. The summed E-state index contributed by atoms with van der Waals surface area (Å²) < 4.78 is 7.49. The first-order valence-corrected chi connectivity index (χ1v) is 7.84. The standard InChI is InChI=1S/C15H28N4O/c1-3-14(2)19-15(5-7-17-19)13-16-6-4-8-18-9-11-20-12-10-18/h5,7,14,16H,3-4,6,8-13H2,1-2H3.